The van der Waals surface area contributed by atoms with Crippen LogP contribution in [-0.2, 0) is 11.2 Å². The molecule has 2 fully saturated rings. The molecule has 3 rings (SSSR count). The van der Waals surface area contributed by atoms with E-state index in [-0.39, 0.29) is 12.0 Å². The molecule has 4 heteroatoms. The Labute approximate surface area is 145 Å². The van der Waals surface area contributed by atoms with Gasteiger partial charge in [0.05, 0.1) is 12.5 Å². The van der Waals surface area contributed by atoms with Gasteiger partial charge in [0, 0.05) is 19.1 Å². The lowest BCUT2D eigenvalue weighted by atomic mass is 10.0. The van der Waals surface area contributed by atoms with E-state index in [0.717, 1.165) is 43.2 Å². The van der Waals surface area contributed by atoms with Crippen molar-refractivity contribution in [1.82, 2.24) is 10.2 Å². The summed E-state index contributed by atoms with van der Waals surface area (Å²) in [5.41, 5.74) is 1.03. The molecule has 1 aromatic carbocycles. The number of piperidine rings is 1. The predicted molar refractivity (Wildman–Crippen MR) is 96.2 cm³/mol. The molecule has 1 aliphatic heterocycles. The second kappa shape index (κ2) is 8.02. The highest BCUT2D eigenvalue weighted by Gasteiger charge is 2.25. The van der Waals surface area contributed by atoms with E-state index in [2.05, 4.69) is 5.32 Å². The Morgan fingerprint density at radius 3 is 2.67 bits per heavy atom. The maximum absolute atomic E-state index is 12.5. The quantitative estimate of drug-likeness (QED) is 0.835. The molecule has 4 nitrogen and oxygen atoms in total. The molecule has 1 aliphatic carbocycles. The maximum atomic E-state index is 12.5. The Bertz CT molecular complexity index is 546. The largest absolute Gasteiger partial charge is 0.491 e. The van der Waals surface area contributed by atoms with Gasteiger partial charge in [0.2, 0.25) is 5.91 Å². The number of nitrogens with one attached hydrogen (secondary N) is 1. The summed E-state index contributed by atoms with van der Waals surface area (Å²) in [7, 11) is 0. The molecule has 1 aromatic rings. The average molecular weight is 330 g/mol. The molecule has 132 valence electrons. The van der Waals surface area contributed by atoms with Gasteiger partial charge in [-0.1, -0.05) is 12.1 Å². The lowest BCUT2D eigenvalue weighted by Gasteiger charge is -2.32. The van der Waals surface area contributed by atoms with Crippen molar-refractivity contribution in [1.29, 1.82) is 0 Å². The van der Waals surface area contributed by atoms with Gasteiger partial charge in [-0.05, 0) is 69.7 Å². The number of benzene rings is 1. The van der Waals surface area contributed by atoms with Crippen LogP contribution in [0.25, 0.3) is 0 Å². The van der Waals surface area contributed by atoms with E-state index in [4.69, 9.17) is 4.74 Å². The van der Waals surface area contributed by atoms with Crippen molar-refractivity contribution in [3.63, 3.8) is 0 Å². The summed E-state index contributed by atoms with van der Waals surface area (Å²) in [6, 6.07) is 8.51. The average Bonchev–Trinajstić information content (AvgIpc) is 3.37. The third-order valence-corrected chi connectivity index (χ3v) is 4.87. The van der Waals surface area contributed by atoms with Gasteiger partial charge >= 0.3 is 0 Å². The van der Waals surface area contributed by atoms with Gasteiger partial charge in [0.15, 0.2) is 0 Å². The van der Waals surface area contributed by atoms with E-state index in [1.54, 1.807) is 0 Å². The summed E-state index contributed by atoms with van der Waals surface area (Å²) in [5.74, 6) is 2.00. The van der Waals surface area contributed by atoms with Crippen molar-refractivity contribution in [2.75, 3.05) is 19.6 Å². The highest BCUT2D eigenvalue weighted by atomic mass is 16.5. The molecule has 1 saturated heterocycles. The first kappa shape index (κ1) is 17.3. The van der Waals surface area contributed by atoms with Crippen LogP contribution >= 0.6 is 0 Å². The lowest BCUT2D eigenvalue weighted by Crippen LogP contribution is -2.45. The Balaban J connectivity index is 1.45. The third-order valence-electron chi connectivity index (χ3n) is 4.87. The van der Waals surface area contributed by atoms with Crippen molar-refractivity contribution < 1.29 is 9.53 Å². The number of rotatable bonds is 7. The molecular weight excluding hydrogens is 300 g/mol. The predicted octanol–water partition coefficient (Wildman–Crippen LogP) is 3.01. The summed E-state index contributed by atoms with van der Waals surface area (Å²) >= 11 is 0. The Hall–Kier alpha value is -1.55. The summed E-state index contributed by atoms with van der Waals surface area (Å²) < 4.78 is 5.71. The molecule has 24 heavy (non-hydrogen) atoms. The van der Waals surface area contributed by atoms with Gasteiger partial charge in [0.1, 0.15) is 5.75 Å². The van der Waals surface area contributed by atoms with Crippen molar-refractivity contribution >= 4 is 5.91 Å². The first-order chi connectivity index (χ1) is 11.6. The van der Waals surface area contributed by atoms with Crippen LogP contribution in [0.5, 0.6) is 5.75 Å². The van der Waals surface area contributed by atoms with Crippen LogP contribution in [0.1, 0.15) is 45.1 Å². The minimum absolute atomic E-state index is 0.151. The second-order valence-electron chi connectivity index (χ2n) is 7.50. The van der Waals surface area contributed by atoms with Gasteiger partial charge < -0.3 is 15.0 Å². The molecule has 1 heterocycles. The number of hydrogen-bond acceptors (Lipinski definition) is 3. The summed E-state index contributed by atoms with van der Waals surface area (Å²) in [4.78, 5) is 14.6. The lowest BCUT2D eigenvalue weighted by molar-refractivity contribution is -0.131. The Kier molecular flexibility index (Phi) is 5.77. The van der Waals surface area contributed by atoms with Crippen LogP contribution in [0.15, 0.2) is 24.3 Å². The normalized spacial score (nSPS) is 18.9. The first-order valence-corrected chi connectivity index (χ1v) is 9.37. The van der Waals surface area contributed by atoms with Gasteiger partial charge in [0.25, 0.3) is 0 Å². The number of nitrogens with zero attached hydrogens (tertiary/aromatic N) is 1. The molecule has 2 aliphatic rings. The van der Waals surface area contributed by atoms with Crippen LogP contribution in [-0.4, -0.2) is 42.6 Å². The molecule has 1 amide bonds. The van der Waals surface area contributed by atoms with Crippen molar-refractivity contribution in [3.05, 3.63) is 29.8 Å². The smallest absolute Gasteiger partial charge is 0.226 e. The van der Waals surface area contributed by atoms with Crippen LogP contribution in [0, 0.1) is 5.92 Å². The standard InChI is InChI=1S/C20H30N2O2/c1-15(2)24-19-5-3-4-17(12-19)13-20(23)22-10-8-18(9-11-22)21-14-16-6-7-16/h3-5,12,15-16,18,21H,6-11,13-14H2,1-2H3. The molecule has 1 saturated carbocycles. The SMILES string of the molecule is CC(C)Oc1cccc(CC(=O)N2CCC(NCC3CC3)CC2)c1. The number of amides is 1. The van der Waals surface area contributed by atoms with E-state index in [1.165, 1.54) is 19.4 Å². The number of ether oxygens (including phenoxy) is 1. The summed E-state index contributed by atoms with van der Waals surface area (Å²) in [5, 5.41) is 3.66. The van der Waals surface area contributed by atoms with Crippen LogP contribution in [0.3, 0.4) is 0 Å². The van der Waals surface area contributed by atoms with E-state index in [0.29, 0.717) is 12.5 Å². The highest BCUT2D eigenvalue weighted by Crippen LogP contribution is 2.28. The Morgan fingerprint density at radius 2 is 2.00 bits per heavy atom. The molecular formula is C20H30N2O2. The van der Waals surface area contributed by atoms with Crippen molar-refractivity contribution in [3.8, 4) is 5.75 Å². The summed E-state index contributed by atoms with van der Waals surface area (Å²) in [6.45, 7) is 6.95. The molecule has 0 atom stereocenters. The number of hydrogen-bond donors (Lipinski definition) is 1. The minimum atomic E-state index is 0.151. The van der Waals surface area contributed by atoms with E-state index >= 15 is 0 Å². The topological polar surface area (TPSA) is 41.6 Å². The Morgan fingerprint density at radius 1 is 1.25 bits per heavy atom. The fourth-order valence-electron chi connectivity index (χ4n) is 3.28. The summed E-state index contributed by atoms with van der Waals surface area (Å²) in [6.07, 6.45) is 5.56. The van der Waals surface area contributed by atoms with Gasteiger partial charge in [-0.25, -0.2) is 0 Å². The first-order valence-electron chi connectivity index (χ1n) is 9.37. The molecule has 1 N–H and O–H groups in total. The van der Waals surface area contributed by atoms with E-state index < -0.39 is 0 Å². The molecule has 0 radical (unpaired) electrons. The zero-order valence-corrected chi connectivity index (χ0v) is 15.0. The van der Waals surface area contributed by atoms with Crippen LogP contribution < -0.4 is 10.1 Å². The van der Waals surface area contributed by atoms with Crippen LogP contribution in [0.4, 0.5) is 0 Å². The minimum Gasteiger partial charge on any atom is -0.491 e. The number of carbonyl (C=O) groups excluding carboxylic acids is 1. The maximum Gasteiger partial charge on any atom is 0.226 e. The zero-order valence-electron chi connectivity index (χ0n) is 15.0. The molecule has 0 bridgehead atoms. The van der Waals surface area contributed by atoms with Gasteiger partial charge in [-0.3, -0.25) is 4.79 Å². The zero-order chi connectivity index (χ0) is 16.9. The van der Waals surface area contributed by atoms with E-state index in [1.807, 2.05) is 43.0 Å². The van der Waals surface area contributed by atoms with Crippen molar-refractivity contribution in [2.45, 2.75) is 58.1 Å². The highest BCUT2D eigenvalue weighted by molar-refractivity contribution is 5.79. The fourth-order valence-corrected chi connectivity index (χ4v) is 3.28. The third kappa shape index (κ3) is 5.23. The molecule has 0 aromatic heterocycles. The number of likely N-dealkylation sites (tertiary alicyclic amines) is 1. The molecule has 0 unspecified atom stereocenters. The van der Waals surface area contributed by atoms with Gasteiger partial charge in [-0.2, -0.15) is 0 Å². The van der Waals surface area contributed by atoms with Crippen LogP contribution in [0.2, 0.25) is 0 Å². The fraction of sp³-hybridized carbons (Fsp3) is 0.650. The number of carbonyl (C=O) groups is 1. The van der Waals surface area contributed by atoms with Gasteiger partial charge in [-0.15, -0.1) is 0 Å². The van der Waals surface area contributed by atoms with Crippen molar-refractivity contribution in [2.24, 2.45) is 5.92 Å². The monoisotopic (exact) mass is 330 g/mol. The second-order valence-corrected chi connectivity index (χ2v) is 7.50. The van der Waals surface area contributed by atoms with E-state index in [9.17, 15) is 4.79 Å². The molecule has 0 spiro atoms.